The molecule has 0 heterocycles. The Morgan fingerprint density at radius 3 is 1.67 bits per heavy atom. The van der Waals surface area contributed by atoms with Gasteiger partial charge >= 0.3 is 0 Å². The highest BCUT2D eigenvalue weighted by molar-refractivity contribution is 5.80. The summed E-state index contributed by atoms with van der Waals surface area (Å²) in [5, 5.41) is 0. The maximum atomic E-state index is 4.60. The van der Waals surface area contributed by atoms with E-state index in [4.69, 9.17) is 0 Å². The molecule has 0 amide bonds. The summed E-state index contributed by atoms with van der Waals surface area (Å²) in [4.78, 5) is 9.53. The molecule has 0 spiro atoms. The average Bonchev–Trinajstić information content (AvgIpc) is 3.32. The number of hydrogen-bond donors (Lipinski definition) is 0. The molecule has 0 bridgehead atoms. The van der Waals surface area contributed by atoms with Crippen molar-refractivity contribution in [2.75, 3.05) is 21.2 Å². The molecule has 5 aromatic rings. The first-order chi connectivity index (χ1) is 29.7. The number of hydrogen-bond acceptors (Lipinski definition) is 4. The van der Waals surface area contributed by atoms with Crippen LogP contribution in [0, 0.1) is 0 Å². The molecule has 1 unspecified atom stereocenters. The van der Waals surface area contributed by atoms with Crippen LogP contribution in [0.3, 0.4) is 0 Å². The monoisotopic (exact) mass is 782 g/mol. The highest BCUT2D eigenvalue weighted by atomic mass is 15.2. The summed E-state index contributed by atoms with van der Waals surface area (Å²) in [6.07, 6.45) is 34.3. The lowest BCUT2D eigenvalue weighted by Gasteiger charge is -2.35. The predicted molar refractivity (Wildman–Crippen MR) is 257 cm³/mol. The number of anilines is 7. The van der Waals surface area contributed by atoms with Crippen LogP contribution in [0.1, 0.15) is 39.0 Å². The third-order valence-electron chi connectivity index (χ3n) is 11.1. The van der Waals surface area contributed by atoms with Crippen molar-refractivity contribution in [3.8, 4) is 0 Å². The van der Waals surface area contributed by atoms with Crippen LogP contribution >= 0.6 is 0 Å². The van der Waals surface area contributed by atoms with Gasteiger partial charge in [0.05, 0.1) is 6.04 Å². The molecular weight excluding hydrogens is 729 g/mol. The molecule has 60 heavy (non-hydrogen) atoms. The summed E-state index contributed by atoms with van der Waals surface area (Å²) in [6.45, 7) is 7.48. The molecule has 0 fully saturated rings. The topological polar surface area (TPSA) is 13.0 Å². The molecule has 0 aliphatic heterocycles. The SMILES string of the molecule is C=C(/C=C\C(=C/C)N(c1ccc(N(C2=CCCC=C2)c2ccccc2)cc1)c1ccc(N(c2ccccc2)c2ccccc2)cc1)CN(C1=CC=CCC1)C1C=CC=CC1. The van der Waals surface area contributed by atoms with Gasteiger partial charge in [-0.3, -0.25) is 0 Å². The molecule has 0 saturated carbocycles. The fourth-order valence-electron chi connectivity index (χ4n) is 8.17. The van der Waals surface area contributed by atoms with E-state index in [1.54, 1.807) is 0 Å². The Labute approximate surface area is 357 Å². The zero-order valence-corrected chi connectivity index (χ0v) is 34.6. The lowest BCUT2D eigenvalue weighted by atomic mass is 10.0. The number of nitrogens with zero attached hydrogens (tertiary/aromatic N) is 4. The summed E-state index contributed by atoms with van der Waals surface area (Å²) in [5.41, 5.74) is 12.4. The lowest BCUT2D eigenvalue weighted by molar-refractivity contribution is 0.305. The average molecular weight is 783 g/mol. The minimum atomic E-state index is 0.314. The maximum absolute atomic E-state index is 4.60. The fourth-order valence-corrected chi connectivity index (χ4v) is 8.17. The van der Waals surface area contributed by atoms with Crippen LogP contribution < -0.4 is 14.7 Å². The molecule has 5 aromatic carbocycles. The van der Waals surface area contributed by atoms with Crippen molar-refractivity contribution in [2.24, 2.45) is 0 Å². The normalized spacial score (nSPS) is 16.0. The summed E-state index contributed by atoms with van der Waals surface area (Å²) in [6, 6.07) is 50.0. The van der Waals surface area contributed by atoms with Crippen LogP contribution in [0.4, 0.5) is 39.8 Å². The first-order valence-electron chi connectivity index (χ1n) is 21.3. The molecule has 0 aromatic heterocycles. The Bertz CT molecular complexity index is 2410. The second-order valence-corrected chi connectivity index (χ2v) is 15.2. The van der Waals surface area contributed by atoms with Crippen molar-refractivity contribution >= 4 is 39.8 Å². The Kier molecular flexibility index (Phi) is 13.0. The van der Waals surface area contributed by atoms with E-state index in [1.165, 1.54) is 11.4 Å². The highest BCUT2D eigenvalue weighted by Crippen LogP contribution is 2.39. The van der Waals surface area contributed by atoms with E-state index in [-0.39, 0.29) is 0 Å². The van der Waals surface area contributed by atoms with Crippen LogP contribution in [0.5, 0.6) is 0 Å². The number of benzene rings is 5. The Morgan fingerprint density at radius 1 is 0.583 bits per heavy atom. The molecule has 4 heteroatoms. The second-order valence-electron chi connectivity index (χ2n) is 15.2. The Morgan fingerprint density at radius 2 is 1.15 bits per heavy atom. The minimum absolute atomic E-state index is 0.314. The maximum Gasteiger partial charge on any atom is 0.0511 e. The molecule has 3 aliphatic rings. The van der Waals surface area contributed by atoms with E-state index in [0.717, 1.165) is 89.7 Å². The van der Waals surface area contributed by atoms with E-state index in [1.807, 2.05) is 0 Å². The molecular formula is C56H54N4. The zero-order chi connectivity index (χ0) is 40.9. The van der Waals surface area contributed by atoms with Crippen LogP contribution in [-0.4, -0.2) is 17.5 Å². The molecule has 298 valence electrons. The third kappa shape index (κ3) is 9.46. The molecule has 0 N–H and O–H groups in total. The van der Waals surface area contributed by atoms with Crippen LogP contribution in [-0.2, 0) is 0 Å². The quantitative estimate of drug-likeness (QED) is 0.0981. The predicted octanol–water partition coefficient (Wildman–Crippen LogP) is 15.1. The summed E-state index contributed by atoms with van der Waals surface area (Å²) >= 11 is 0. The van der Waals surface area contributed by atoms with Crippen molar-refractivity contribution in [3.05, 3.63) is 248 Å². The van der Waals surface area contributed by atoms with Gasteiger partial charge in [-0.1, -0.05) is 122 Å². The number of rotatable bonds is 15. The molecule has 0 radical (unpaired) electrons. The summed E-state index contributed by atoms with van der Waals surface area (Å²) in [5.74, 6) is 0. The Balaban J connectivity index is 1.14. The Hall–Kier alpha value is -7.04. The van der Waals surface area contributed by atoms with Gasteiger partial charge in [-0.05, 0) is 148 Å². The number of allylic oxidation sites excluding steroid dienone is 11. The highest BCUT2D eigenvalue weighted by Gasteiger charge is 2.21. The van der Waals surface area contributed by atoms with Gasteiger partial charge < -0.3 is 19.6 Å². The van der Waals surface area contributed by atoms with Gasteiger partial charge in [-0.15, -0.1) is 0 Å². The van der Waals surface area contributed by atoms with Crippen molar-refractivity contribution in [3.63, 3.8) is 0 Å². The van der Waals surface area contributed by atoms with E-state index >= 15 is 0 Å². The number of para-hydroxylation sites is 3. The van der Waals surface area contributed by atoms with Gasteiger partial charge in [0.1, 0.15) is 0 Å². The smallest absolute Gasteiger partial charge is 0.0511 e. The molecule has 4 nitrogen and oxygen atoms in total. The van der Waals surface area contributed by atoms with Gasteiger partial charge in [0, 0.05) is 63.4 Å². The van der Waals surface area contributed by atoms with Crippen LogP contribution in [0.25, 0.3) is 0 Å². The van der Waals surface area contributed by atoms with Crippen LogP contribution in [0.2, 0.25) is 0 Å². The second kappa shape index (κ2) is 19.6. The van der Waals surface area contributed by atoms with Crippen molar-refractivity contribution < 1.29 is 0 Å². The zero-order valence-electron chi connectivity index (χ0n) is 34.6. The minimum Gasteiger partial charge on any atom is -0.364 e. The van der Waals surface area contributed by atoms with E-state index in [9.17, 15) is 0 Å². The molecule has 1 atom stereocenters. The summed E-state index contributed by atoms with van der Waals surface area (Å²) in [7, 11) is 0. The molecule has 8 rings (SSSR count). The summed E-state index contributed by atoms with van der Waals surface area (Å²) < 4.78 is 0. The van der Waals surface area contributed by atoms with Crippen LogP contribution in [0.15, 0.2) is 248 Å². The van der Waals surface area contributed by atoms with Gasteiger partial charge in [0.2, 0.25) is 0 Å². The van der Waals surface area contributed by atoms with Crippen molar-refractivity contribution in [1.82, 2.24) is 4.90 Å². The molecule has 0 saturated heterocycles. The van der Waals surface area contributed by atoms with Gasteiger partial charge in [0.25, 0.3) is 0 Å². The van der Waals surface area contributed by atoms with E-state index in [0.29, 0.717) is 6.04 Å². The van der Waals surface area contributed by atoms with Gasteiger partial charge in [-0.2, -0.15) is 0 Å². The first-order valence-corrected chi connectivity index (χ1v) is 21.3. The van der Waals surface area contributed by atoms with E-state index < -0.39 is 0 Å². The van der Waals surface area contributed by atoms with Crippen molar-refractivity contribution in [1.29, 1.82) is 0 Å². The first kappa shape index (κ1) is 39.8. The fraction of sp³-hybridized carbons (Fsp3) is 0.143. The van der Waals surface area contributed by atoms with Gasteiger partial charge in [0.15, 0.2) is 0 Å². The van der Waals surface area contributed by atoms with E-state index in [2.05, 4.69) is 252 Å². The largest absolute Gasteiger partial charge is 0.364 e. The standard InChI is InChI=1S/C56H54N4/c1-3-46(35-34-45(2)44-57(47-22-10-4-11-23-47)48-24-12-5-13-25-48)58(53-36-40-55(41-37-53)59(49-26-14-6-15-27-49)50-28-16-7-17-29-50)54-38-42-56(43-39-54)60(51-30-18-8-19-31-51)52-32-20-9-21-33-52/h3-8,10-12,14-20,22,24,26-43,47H,2,9,13,21,23,25,44H2,1H3/b35-34-,46-3+. The third-order valence-corrected chi connectivity index (χ3v) is 11.1. The molecule has 3 aliphatic carbocycles. The lowest BCUT2D eigenvalue weighted by Crippen LogP contribution is -2.35. The van der Waals surface area contributed by atoms with Gasteiger partial charge in [-0.25, -0.2) is 0 Å². The van der Waals surface area contributed by atoms with Crippen molar-refractivity contribution in [2.45, 2.75) is 45.1 Å².